The van der Waals surface area contributed by atoms with Gasteiger partial charge in [-0.15, -0.1) is 6.42 Å². The predicted octanol–water partition coefficient (Wildman–Crippen LogP) is 3.18. The van der Waals surface area contributed by atoms with Gasteiger partial charge in [0.2, 0.25) is 0 Å². The maximum Gasteiger partial charge on any atom is 0.270 e. The molecule has 1 unspecified atom stereocenters. The van der Waals surface area contributed by atoms with Gasteiger partial charge in [0.15, 0.2) is 0 Å². The number of hydrogen-bond donors (Lipinski definition) is 1. The molecular formula is C11H11BrN2O2. The molecule has 0 saturated heterocycles. The molecule has 1 rings (SSSR count). The summed E-state index contributed by atoms with van der Waals surface area (Å²) in [5, 5.41) is 13.6. The molecule has 1 N–H and O–H groups in total. The van der Waals surface area contributed by atoms with E-state index in [-0.39, 0.29) is 11.7 Å². The summed E-state index contributed by atoms with van der Waals surface area (Å²) in [6.07, 6.45) is 6.11. The van der Waals surface area contributed by atoms with E-state index in [2.05, 4.69) is 27.2 Å². The van der Waals surface area contributed by atoms with Gasteiger partial charge in [-0.2, -0.15) is 0 Å². The number of nitro benzene ring substituents is 1. The Morgan fingerprint density at radius 2 is 2.38 bits per heavy atom. The Hall–Kier alpha value is -1.54. The average molecular weight is 283 g/mol. The summed E-state index contributed by atoms with van der Waals surface area (Å²) in [6.45, 7) is 1.97. The maximum absolute atomic E-state index is 10.5. The summed E-state index contributed by atoms with van der Waals surface area (Å²) in [4.78, 5) is 10.1. The maximum atomic E-state index is 10.5. The van der Waals surface area contributed by atoms with Gasteiger partial charge in [0.25, 0.3) is 5.69 Å². The molecule has 1 aromatic rings. The van der Waals surface area contributed by atoms with Crippen molar-refractivity contribution in [1.29, 1.82) is 0 Å². The van der Waals surface area contributed by atoms with Gasteiger partial charge in [0.1, 0.15) is 0 Å². The lowest BCUT2D eigenvalue weighted by atomic mass is 10.2. The van der Waals surface area contributed by atoms with Crippen LogP contribution < -0.4 is 5.32 Å². The number of hydrogen-bond acceptors (Lipinski definition) is 3. The van der Waals surface area contributed by atoms with Crippen LogP contribution in [0.25, 0.3) is 0 Å². The number of nitrogens with one attached hydrogen (secondary N) is 1. The highest BCUT2D eigenvalue weighted by molar-refractivity contribution is 9.10. The van der Waals surface area contributed by atoms with Crippen LogP contribution in [0.4, 0.5) is 11.4 Å². The number of non-ortho nitro benzene ring substituents is 1. The quantitative estimate of drug-likeness (QED) is 0.524. The lowest BCUT2D eigenvalue weighted by Gasteiger charge is -2.13. The van der Waals surface area contributed by atoms with Gasteiger partial charge in [0, 0.05) is 22.3 Å². The third kappa shape index (κ3) is 2.97. The fourth-order valence-corrected chi connectivity index (χ4v) is 1.67. The minimum absolute atomic E-state index is 0.0474. The Morgan fingerprint density at radius 3 is 2.81 bits per heavy atom. The molecule has 0 amide bonds. The van der Waals surface area contributed by atoms with Crippen LogP contribution >= 0.6 is 15.9 Å². The van der Waals surface area contributed by atoms with Gasteiger partial charge >= 0.3 is 0 Å². The van der Waals surface area contributed by atoms with Crippen molar-refractivity contribution in [2.45, 2.75) is 19.4 Å². The molecule has 0 aliphatic carbocycles. The van der Waals surface area contributed by atoms with Crippen molar-refractivity contribution in [2.24, 2.45) is 0 Å². The highest BCUT2D eigenvalue weighted by atomic mass is 79.9. The first-order valence-electron chi connectivity index (χ1n) is 4.75. The normalized spacial score (nSPS) is 11.6. The highest BCUT2D eigenvalue weighted by Gasteiger charge is 2.10. The Balaban J connectivity index is 2.92. The molecule has 4 nitrogen and oxygen atoms in total. The van der Waals surface area contributed by atoms with Crippen LogP contribution in [0.3, 0.4) is 0 Å². The average Bonchev–Trinajstić information content (AvgIpc) is 2.27. The van der Waals surface area contributed by atoms with E-state index in [9.17, 15) is 10.1 Å². The summed E-state index contributed by atoms with van der Waals surface area (Å²) in [5.74, 6) is 2.60. The van der Waals surface area contributed by atoms with E-state index in [1.807, 2.05) is 6.92 Å². The SMILES string of the molecule is C#CC(CC)Nc1ccc([N+](=O)[O-])cc1Br. The van der Waals surface area contributed by atoms with E-state index in [4.69, 9.17) is 6.42 Å². The Morgan fingerprint density at radius 1 is 1.69 bits per heavy atom. The number of nitro groups is 1. The second kappa shape index (κ2) is 5.52. The van der Waals surface area contributed by atoms with Gasteiger partial charge in [-0.05, 0) is 28.4 Å². The summed E-state index contributed by atoms with van der Waals surface area (Å²) >= 11 is 3.27. The van der Waals surface area contributed by atoms with Crippen LogP contribution in [0, 0.1) is 22.5 Å². The summed E-state index contributed by atoms with van der Waals surface area (Å²) < 4.78 is 0.635. The van der Waals surface area contributed by atoms with Crippen molar-refractivity contribution in [2.75, 3.05) is 5.32 Å². The second-order valence-electron chi connectivity index (χ2n) is 3.19. The van der Waals surface area contributed by atoms with Crippen LogP contribution in [0.1, 0.15) is 13.3 Å². The molecule has 0 fully saturated rings. The fourth-order valence-electron chi connectivity index (χ4n) is 1.18. The van der Waals surface area contributed by atoms with Gasteiger partial charge in [-0.25, -0.2) is 0 Å². The first-order chi connectivity index (χ1) is 7.58. The molecule has 0 radical (unpaired) electrons. The van der Waals surface area contributed by atoms with Gasteiger partial charge in [-0.1, -0.05) is 12.8 Å². The standard InChI is InChI=1S/C11H11BrN2O2/c1-3-8(4-2)13-11-6-5-9(14(15)16)7-10(11)12/h1,5-8,13H,4H2,2H3. The van der Waals surface area contributed by atoms with Crippen LogP contribution in [-0.2, 0) is 0 Å². The van der Waals surface area contributed by atoms with E-state index < -0.39 is 4.92 Å². The Kier molecular flexibility index (Phi) is 4.32. The van der Waals surface area contributed by atoms with Crippen molar-refractivity contribution in [1.82, 2.24) is 0 Å². The molecule has 1 aromatic carbocycles. The molecule has 16 heavy (non-hydrogen) atoms. The summed E-state index contributed by atoms with van der Waals surface area (Å²) in [5.41, 5.74) is 0.807. The molecule has 1 atom stereocenters. The van der Waals surface area contributed by atoms with Crippen LogP contribution in [-0.4, -0.2) is 11.0 Å². The molecule has 84 valence electrons. The molecular weight excluding hydrogens is 272 g/mol. The first-order valence-corrected chi connectivity index (χ1v) is 5.54. The smallest absolute Gasteiger partial charge is 0.270 e. The summed E-state index contributed by atoms with van der Waals surface area (Å²) in [7, 11) is 0. The minimum atomic E-state index is -0.437. The molecule has 0 heterocycles. The van der Waals surface area contributed by atoms with E-state index in [0.717, 1.165) is 12.1 Å². The predicted molar refractivity (Wildman–Crippen MR) is 67.3 cm³/mol. The number of rotatable bonds is 4. The van der Waals surface area contributed by atoms with Crippen molar-refractivity contribution >= 4 is 27.3 Å². The lowest BCUT2D eigenvalue weighted by molar-refractivity contribution is -0.384. The van der Waals surface area contributed by atoms with Crippen LogP contribution in [0.15, 0.2) is 22.7 Å². The fraction of sp³-hybridized carbons (Fsp3) is 0.273. The van der Waals surface area contributed by atoms with Crippen molar-refractivity contribution < 1.29 is 4.92 Å². The Labute approximate surface area is 102 Å². The molecule has 0 bridgehead atoms. The molecule has 0 aliphatic rings. The largest absolute Gasteiger partial charge is 0.371 e. The first kappa shape index (κ1) is 12.5. The number of nitrogens with zero attached hydrogens (tertiary/aromatic N) is 1. The van der Waals surface area contributed by atoms with E-state index >= 15 is 0 Å². The zero-order valence-electron chi connectivity index (χ0n) is 8.74. The zero-order chi connectivity index (χ0) is 12.1. The van der Waals surface area contributed by atoms with Crippen LogP contribution in [0.2, 0.25) is 0 Å². The highest BCUT2D eigenvalue weighted by Crippen LogP contribution is 2.27. The zero-order valence-corrected chi connectivity index (χ0v) is 10.3. The van der Waals surface area contributed by atoms with Gasteiger partial charge in [-0.3, -0.25) is 10.1 Å². The number of terminal acetylenes is 1. The second-order valence-corrected chi connectivity index (χ2v) is 4.05. The monoisotopic (exact) mass is 282 g/mol. The third-order valence-electron chi connectivity index (χ3n) is 2.10. The van der Waals surface area contributed by atoms with Crippen LogP contribution in [0.5, 0.6) is 0 Å². The van der Waals surface area contributed by atoms with Crippen molar-refractivity contribution in [3.63, 3.8) is 0 Å². The molecule has 0 aromatic heterocycles. The van der Waals surface area contributed by atoms with E-state index in [1.165, 1.54) is 12.1 Å². The Bertz CT molecular complexity index is 440. The van der Waals surface area contributed by atoms with Gasteiger partial charge in [0.05, 0.1) is 11.0 Å². The van der Waals surface area contributed by atoms with Gasteiger partial charge < -0.3 is 5.32 Å². The third-order valence-corrected chi connectivity index (χ3v) is 2.76. The lowest BCUT2D eigenvalue weighted by Crippen LogP contribution is -2.15. The van der Waals surface area contributed by atoms with E-state index in [1.54, 1.807) is 6.07 Å². The number of anilines is 1. The number of benzene rings is 1. The molecule has 5 heteroatoms. The minimum Gasteiger partial charge on any atom is -0.371 e. The molecule has 0 aliphatic heterocycles. The summed E-state index contributed by atoms with van der Waals surface area (Å²) in [6, 6.07) is 4.46. The molecule has 0 saturated carbocycles. The molecule has 0 spiro atoms. The topological polar surface area (TPSA) is 55.2 Å². The van der Waals surface area contributed by atoms with Crippen molar-refractivity contribution in [3.8, 4) is 12.3 Å². The van der Waals surface area contributed by atoms with E-state index in [0.29, 0.717) is 4.47 Å². The number of halogens is 1. The van der Waals surface area contributed by atoms with Crippen molar-refractivity contribution in [3.05, 3.63) is 32.8 Å².